The third-order valence-corrected chi connectivity index (χ3v) is 6.50. The number of pyridine rings is 2. The Bertz CT molecular complexity index is 947. The van der Waals surface area contributed by atoms with Crippen molar-refractivity contribution < 1.29 is 4.79 Å². The number of nitrogens with zero attached hydrogens (tertiary/aromatic N) is 5. The molecule has 7 nitrogen and oxygen atoms in total. The van der Waals surface area contributed by atoms with Crippen LogP contribution in [0.2, 0.25) is 0 Å². The van der Waals surface area contributed by atoms with E-state index in [0.717, 1.165) is 67.6 Å². The van der Waals surface area contributed by atoms with Crippen LogP contribution >= 0.6 is 0 Å². The summed E-state index contributed by atoms with van der Waals surface area (Å²) in [7, 11) is 0. The van der Waals surface area contributed by atoms with Crippen LogP contribution in [-0.4, -0.2) is 48.2 Å². The van der Waals surface area contributed by atoms with Crippen molar-refractivity contribution >= 4 is 29.0 Å². The lowest BCUT2D eigenvalue weighted by atomic mass is 9.99. The molecule has 2 atom stereocenters. The van der Waals surface area contributed by atoms with Crippen molar-refractivity contribution in [2.75, 3.05) is 46.2 Å². The Kier molecular flexibility index (Phi) is 4.97. The fourth-order valence-corrected chi connectivity index (χ4v) is 5.06. The molecule has 2 saturated heterocycles. The van der Waals surface area contributed by atoms with E-state index >= 15 is 0 Å². The summed E-state index contributed by atoms with van der Waals surface area (Å²) in [5, 5.41) is 3.06. The van der Waals surface area contributed by atoms with E-state index in [9.17, 15) is 4.79 Å². The highest BCUT2D eigenvalue weighted by atomic mass is 16.2. The van der Waals surface area contributed by atoms with E-state index in [-0.39, 0.29) is 12.1 Å². The molecule has 2 amide bonds. The van der Waals surface area contributed by atoms with Crippen molar-refractivity contribution in [2.45, 2.75) is 45.6 Å². The summed E-state index contributed by atoms with van der Waals surface area (Å²) in [5.41, 5.74) is 2.81. The number of aromatic nitrogens is 2. The Hall–Kier alpha value is -2.83. The highest BCUT2D eigenvalue weighted by molar-refractivity contribution is 6.04. The van der Waals surface area contributed by atoms with Crippen LogP contribution in [0.25, 0.3) is 0 Å². The molecule has 158 valence electrons. The lowest BCUT2D eigenvalue weighted by Crippen LogP contribution is -2.56. The highest BCUT2D eigenvalue weighted by Gasteiger charge is 2.38. The largest absolute Gasteiger partial charge is 0.366 e. The molecule has 2 fully saturated rings. The molecule has 7 heteroatoms. The molecule has 0 saturated carbocycles. The van der Waals surface area contributed by atoms with Gasteiger partial charge in [0.15, 0.2) is 5.82 Å². The van der Waals surface area contributed by atoms with Crippen LogP contribution in [0, 0.1) is 12.8 Å². The van der Waals surface area contributed by atoms with E-state index in [4.69, 9.17) is 4.98 Å². The van der Waals surface area contributed by atoms with Gasteiger partial charge in [-0.15, -0.1) is 0 Å². The van der Waals surface area contributed by atoms with Crippen molar-refractivity contribution in [2.24, 2.45) is 5.92 Å². The topological polar surface area (TPSA) is 64.6 Å². The molecule has 3 aliphatic heterocycles. The molecule has 0 aliphatic carbocycles. The van der Waals surface area contributed by atoms with Gasteiger partial charge in [0.2, 0.25) is 0 Å². The molecular weight excluding hydrogens is 376 g/mol. The molecular formula is C23H30N6O. The minimum atomic E-state index is -0.119. The standard InChI is InChI=1S/C23H30N6O/c1-16-5-3-10-28(14-16)21-8-7-20-22(26-21)29(19-6-4-9-27(20)15-19)23(30)25-18-11-17(2)12-24-13-18/h7-8,11-13,16,19H,3-6,9-10,14-15H2,1-2H3,(H,25,30)/t16?,19-/m1/s1. The van der Waals surface area contributed by atoms with Gasteiger partial charge in [-0.25, -0.2) is 9.78 Å². The molecule has 3 aliphatic rings. The van der Waals surface area contributed by atoms with Crippen molar-refractivity contribution in [1.29, 1.82) is 0 Å². The molecule has 1 unspecified atom stereocenters. The van der Waals surface area contributed by atoms with Gasteiger partial charge in [0.1, 0.15) is 5.82 Å². The summed E-state index contributed by atoms with van der Waals surface area (Å²) < 4.78 is 0. The van der Waals surface area contributed by atoms with Crippen molar-refractivity contribution in [1.82, 2.24) is 9.97 Å². The van der Waals surface area contributed by atoms with Gasteiger partial charge in [0.05, 0.1) is 23.6 Å². The molecule has 0 aromatic carbocycles. The predicted octanol–water partition coefficient (Wildman–Crippen LogP) is 4.04. The molecule has 0 spiro atoms. The first kappa shape index (κ1) is 19.2. The number of carbonyl (C=O) groups is 1. The Morgan fingerprint density at radius 3 is 2.77 bits per heavy atom. The fourth-order valence-electron chi connectivity index (χ4n) is 5.06. The van der Waals surface area contributed by atoms with E-state index in [1.807, 2.05) is 17.9 Å². The number of aryl methyl sites for hydroxylation is 1. The van der Waals surface area contributed by atoms with Gasteiger partial charge in [0.25, 0.3) is 0 Å². The van der Waals surface area contributed by atoms with E-state index in [0.29, 0.717) is 5.92 Å². The number of nitrogens with one attached hydrogen (secondary N) is 1. The lowest BCUT2D eigenvalue weighted by molar-refractivity contribution is 0.252. The van der Waals surface area contributed by atoms with Gasteiger partial charge in [-0.3, -0.25) is 9.88 Å². The number of amides is 2. The zero-order valence-corrected chi connectivity index (χ0v) is 17.8. The quantitative estimate of drug-likeness (QED) is 0.815. The summed E-state index contributed by atoms with van der Waals surface area (Å²) >= 11 is 0. The first-order valence-electron chi connectivity index (χ1n) is 11.1. The van der Waals surface area contributed by atoms with Crippen molar-refractivity contribution in [3.63, 3.8) is 0 Å². The number of anilines is 4. The van der Waals surface area contributed by atoms with E-state index in [2.05, 4.69) is 39.2 Å². The molecule has 2 bridgehead atoms. The van der Waals surface area contributed by atoms with Crippen LogP contribution in [0.5, 0.6) is 0 Å². The van der Waals surface area contributed by atoms with Crippen LogP contribution in [0.3, 0.4) is 0 Å². The number of hydrogen-bond acceptors (Lipinski definition) is 5. The zero-order valence-electron chi connectivity index (χ0n) is 17.8. The Morgan fingerprint density at radius 1 is 1.10 bits per heavy atom. The number of piperidine rings is 2. The van der Waals surface area contributed by atoms with Gasteiger partial charge < -0.3 is 15.1 Å². The first-order chi connectivity index (χ1) is 14.6. The highest BCUT2D eigenvalue weighted by Crippen LogP contribution is 2.39. The number of carbonyl (C=O) groups excluding carboxylic acids is 1. The van der Waals surface area contributed by atoms with Crippen LogP contribution in [0.15, 0.2) is 30.6 Å². The maximum absolute atomic E-state index is 13.4. The minimum Gasteiger partial charge on any atom is -0.366 e. The predicted molar refractivity (Wildman–Crippen MR) is 121 cm³/mol. The number of urea groups is 1. The SMILES string of the molecule is Cc1cncc(NC(=O)N2c3nc(N4CCCC(C)C4)ccc3N3CCC[C@@H]2C3)c1. The van der Waals surface area contributed by atoms with E-state index in [1.54, 1.807) is 12.4 Å². The lowest BCUT2D eigenvalue weighted by Gasteiger charge is -2.46. The van der Waals surface area contributed by atoms with Crippen LogP contribution in [0.4, 0.5) is 27.8 Å². The number of hydrogen-bond donors (Lipinski definition) is 1. The molecule has 30 heavy (non-hydrogen) atoms. The maximum atomic E-state index is 13.4. The fraction of sp³-hybridized carbons (Fsp3) is 0.522. The van der Waals surface area contributed by atoms with Gasteiger partial charge in [-0.2, -0.15) is 0 Å². The van der Waals surface area contributed by atoms with Gasteiger partial charge in [0, 0.05) is 32.4 Å². The first-order valence-corrected chi connectivity index (χ1v) is 11.1. The number of fused-ring (bicyclic) bond motifs is 4. The molecule has 2 aromatic rings. The molecule has 5 heterocycles. The summed E-state index contributed by atoms with van der Waals surface area (Å²) in [6.07, 6.45) is 8.04. The Morgan fingerprint density at radius 2 is 1.93 bits per heavy atom. The summed E-state index contributed by atoms with van der Waals surface area (Å²) in [5.74, 6) is 2.45. The monoisotopic (exact) mass is 406 g/mol. The third kappa shape index (κ3) is 3.57. The van der Waals surface area contributed by atoms with Crippen LogP contribution in [-0.2, 0) is 0 Å². The normalized spacial score (nSPS) is 23.2. The van der Waals surface area contributed by atoms with Gasteiger partial charge in [-0.1, -0.05) is 6.92 Å². The molecule has 1 N–H and O–H groups in total. The second-order valence-corrected chi connectivity index (χ2v) is 9.00. The van der Waals surface area contributed by atoms with Crippen molar-refractivity contribution in [3.8, 4) is 0 Å². The maximum Gasteiger partial charge on any atom is 0.327 e. The molecule has 5 rings (SSSR count). The third-order valence-electron chi connectivity index (χ3n) is 6.50. The van der Waals surface area contributed by atoms with Gasteiger partial charge >= 0.3 is 6.03 Å². The summed E-state index contributed by atoms with van der Waals surface area (Å²) in [6.45, 7) is 8.24. The average Bonchev–Trinajstić information content (AvgIpc) is 2.74. The Labute approximate surface area is 178 Å². The summed E-state index contributed by atoms with van der Waals surface area (Å²) in [4.78, 5) is 29.3. The second-order valence-electron chi connectivity index (χ2n) is 9.00. The summed E-state index contributed by atoms with van der Waals surface area (Å²) in [6, 6.07) is 6.26. The van der Waals surface area contributed by atoms with Crippen LogP contribution < -0.4 is 20.0 Å². The Balaban J connectivity index is 1.49. The minimum absolute atomic E-state index is 0.119. The van der Waals surface area contributed by atoms with Crippen LogP contribution in [0.1, 0.15) is 38.2 Å². The van der Waals surface area contributed by atoms with Crippen molar-refractivity contribution in [3.05, 3.63) is 36.2 Å². The number of rotatable bonds is 2. The molecule has 2 aromatic heterocycles. The van der Waals surface area contributed by atoms with E-state index < -0.39 is 0 Å². The second kappa shape index (κ2) is 7.78. The van der Waals surface area contributed by atoms with Gasteiger partial charge in [-0.05, 0) is 62.3 Å². The average molecular weight is 407 g/mol. The van der Waals surface area contributed by atoms with E-state index in [1.165, 1.54) is 12.8 Å². The smallest absolute Gasteiger partial charge is 0.327 e. The zero-order chi connectivity index (χ0) is 20.7. The molecule has 0 radical (unpaired) electrons.